The molecule has 2 rings (SSSR count). The van der Waals surface area contributed by atoms with E-state index in [-0.39, 0.29) is 23.6 Å². The molecule has 0 radical (unpaired) electrons. The molecule has 0 aliphatic heterocycles. The summed E-state index contributed by atoms with van der Waals surface area (Å²) in [6.07, 6.45) is 1.65. The molecule has 3 N–H and O–H groups in total. The Bertz CT molecular complexity index is 611. The van der Waals surface area contributed by atoms with Gasteiger partial charge in [0.05, 0.1) is 17.7 Å². The van der Waals surface area contributed by atoms with E-state index in [1.807, 2.05) is 0 Å². The third-order valence-electron chi connectivity index (χ3n) is 2.40. The molecule has 2 aromatic rings. The number of aromatic amines is 1. The number of hydrogen-bond donors (Lipinski definition) is 3. The van der Waals surface area contributed by atoms with Crippen LogP contribution in [0.25, 0.3) is 0 Å². The molecule has 0 spiro atoms. The number of aromatic nitrogens is 2. The molecule has 1 aromatic carbocycles. The van der Waals surface area contributed by atoms with E-state index in [4.69, 9.17) is 5.11 Å². The van der Waals surface area contributed by atoms with Crippen LogP contribution in [0.5, 0.6) is 0 Å². The number of carbonyl (C=O) groups is 2. The van der Waals surface area contributed by atoms with E-state index < -0.39 is 5.97 Å². The Morgan fingerprint density at radius 2 is 2.16 bits per heavy atom. The quantitative estimate of drug-likeness (QED) is 0.802. The van der Waals surface area contributed by atoms with Crippen LogP contribution in [0.2, 0.25) is 0 Å². The first-order chi connectivity index (χ1) is 9.06. The Balaban J connectivity index is 2.16. The zero-order valence-corrected chi connectivity index (χ0v) is 11.3. The summed E-state index contributed by atoms with van der Waals surface area (Å²) in [5, 5.41) is 18.0. The van der Waals surface area contributed by atoms with Gasteiger partial charge in [-0.25, -0.2) is 4.79 Å². The molecule has 7 heteroatoms. The van der Waals surface area contributed by atoms with Gasteiger partial charge in [-0.1, -0.05) is 15.9 Å². The fraction of sp³-hybridized carbons (Fsp3) is 0.0833. The maximum Gasteiger partial charge on any atom is 0.337 e. The molecule has 0 aliphatic rings. The fourth-order valence-corrected chi connectivity index (χ4v) is 1.92. The topological polar surface area (TPSA) is 95.1 Å². The number of nitrogens with zero attached hydrogens (tertiary/aromatic N) is 1. The maximum atomic E-state index is 11.8. The lowest BCUT2D eigenvalue weighted by atomic mass is 10.1. The number of anilines is 1. The van der Waals surface area contributed by atoms with Gasteiger partial charge in [0.25, 0.3) is 0 Å². The van der Waals surface area contributed by atoms with Crippen molar-refractivity contribution in [2.24, 2.45) is 0 Å². The van der Waals surface area contributed by atoms with Crippen LogP contribution in [0.1, 0.15) is 16.1 Å². The van der Waals surface area contributed by atoms with Crippen LogP contribution in [0.4, 0.5) is 5.69 Å². The first-order valence-corrected chi connectivity index (χ1v) is 6.16. The number of amides is 1. The number of aromatic carboxylic acids is 1. The highest BCUT2D eigenvalue weighted by Gasteiger charge is 2.13. The molecular formula is C12H10BrN3O3. The zero-order valence-electron chi connectivity index (χ0n) is 9.68. The first kappa shape index (κ1) is 13.3. The molecule has 0 atom stereocenters. The Kier molecular flexibility index (Phi) is 3.96. The maximum absolute atomic E-state index is 11.8. The first-order valence-electron chi connectivity index (χ1n) is 5.37. The molecular weight excluding hydrogens is 314 g/mol. The summed E-state index contributed by atoms with van der Waals surface area (Å²) in [5.41, 5.74) is 0.955. The number of benzene rings is 1. The van der Waals surface area contributed by atoms with Crippen molar-refractivity contribution in [3.63, 3.8) is 0 Å². The second-order valence-electron chi connectivity index (χ2n) is 3.80. The SMILES string of the molecule is O=C(Cc1ccn[nH]1)Nc1cc(Br)ccc1C(=O)O. The van der Waals surface area contributed by atoms with Gasteiger partial charge in [0, 0.05) is 16.4 Å². The van der Waals surface area contributed by atoms with Crippen molar-refractivity contribution < 1.29 is 14.7 Å². The van der Waals surface area contributed by atoms with E-state index in [1.165, 1.54) is 6.07 Å². The predicted molar refractivity (Wildman–Crippen MR) is 72.0 cm³/mol. The summed E-state index contributed by atoms with van der Waals surface area (Å²) in [4.78, 5) is 22.8. The number of H-pyrrole nitrogens is 1. The van der Waals surface area contributed by atoms with Crippen molar-refractivity contribution in [2.45, 2.75) is 6.42 Å². The second-order valence-corrected chi connectivity index (χ2v) is 4.72. The molecule has 0 aliphatic carbocycles. The Hall–Kier alpha value is -2.15. The van der Waals surface area contributed by atoms with E-state index in [0.29, 0.717) is 10.2 Å². The van der Waals surface area contributed by atoms with Crippen molar-refractivity contribution in [1.82, 2.24) is 10.2 Å². The summed E-state index contributed by atoms with van der Waals surface area (Å²) in [5.74, 6) is -1.41. The number of rotatable bonds is 4. The number of carboxylic acid groups (broad SMARTS) is 1. The summed E-state index contributed by atoms with van der Waals surface area (Å²) in [6, 6.07) is 6.26. The van der Waals surface area contributed by atoms with Crippen LogP contribution in [-0.4, -0.2) is 27.2 Å². The largest absolute Gasteiger partial charge is 0.478 e. The monoisotopic (exact) mass is 323 g/mol. The summed E-state index contributed by atoms with van der Waals surface area (Å²) >= 11 is 3.24. The van der Waals surface area contributed by atoms with Gasteiger partial charge in [-0.05, 0) is 24.3 Å². The van der Waals surface area contributed by atoms with Gasteiger partial charge in [0.15, 0.2) is 0 Å². The lowest BCUT2D eigenvalue weighted by Gasteiger charge is -2.08. The molecule has 1 amide bonds. The molecule has 0 bridgehead atoms. The van der Waals surface area contributed by atoms with Crippen molar-refractivity contribution >= 4 is 33.5 Å². The summed E-state index contributed by atoms with van der Waals surface area (Å²) in [7, 11) is 0. The number of halogens is 1. The third-order valence-corrected chi connectivity index (χ3v) is 2.89. The van der Waals surface area contributed by atoms with Gasteiger partial charge in [-0.15, -0.1) is 0 Å². The number of hydrogen-bond acceptors (Lipinski definition) is 3. The normalized spacial score (nSPS) is 10.2. The van der Waals surface area contributed by atoms with E-state index in [2.05, 4.69) is 31.4 Å². The minimum Gasteiger partial charge on any atom is -0.478 e. The lowest BCUT2D eigenvalue weighted by Crippen LogP contribution is -2.17. The van der Waals surface area contributed by atoms with Gasteiger partial charge >= 0.3 is 5.97 Å². The van der Waals surface area contributed by atoms with Crippen molar-refractivity contribution in [3.8, 4) is 0 Å². The molecule has 98 valence electrons. The van der Waals surface area contributed by atoms with Gasteiger partial charge in [0.2, 0.25) is 5.91 Å². The van der Waals surface area contributed by atoms with E-state index >= 15 is 0 Å². The van der Waals surface area contributed by atoms with E-state index in [1.54, 1.807) is 24.4 Å². The van der Waals surface area contributed by atoms with Gasteiger partial charge in [0.1, 0.15) is 0 Å². The summed E-state index contributed by atoms with van der Waals surface area (Å²) < 4.78 is 0.689. The molecule has 0 unspecified atom stereocenters. The standard InChI is InChI=1S/C12H10BrN3O3/c13-7-1-2-9(12(18)19)10(5-7)15-11(17)6-8-3-4-14-16-8/h1-5H,6H2,(H,14,16)(H,15,17)(H,18,19). The molecule has 19 heavy (non-hydrogen) atoms. The lowest BCUT2D eigenvalue weighted by molar-refractivity contribution is -0.115. The molecule has 1 aromatic heterocycles. The van der Waals surface area contributed by atoms with E-state index in [9.17, 15) is 9.59 Å². The molecule has 0 fully saturated rings. The Labute approximate surface area is 117 Å². The summed E-state index contributed by atoms with van der Waals surface area (Å²) in [6.45, 7) is 0. The molecule has 0 saturated carbocycles. The Morgan fingerprint density at radius 1 is 1.37 bits per heavy atom. The number of nitrogens with one attached hydrogen (secondary N) is 2. The van der Waals surface area contributed by atoms with Crippen LogP contribution in [-0.2, 0) is 11.2 Å². The van der Waals surface area contributed by atoms with Crippen LogP contribution in [0.3, 0.4) is 0 Å². The second kappa shape index (κ2) is 5.66. The molecule has 1 heterocycles. The Morgan fingerprint density at radius 3 is 2.79 bits per heavy atom. The predicted octanol–water partition coefficient (Wildman–Crippen LogP) is 2.05. The average Bonchev–Trinajstić information content (AvgIpc) is 2.81. The average molecular weight is 324 g/mol. The fourth-order valence-electron chi connectivity index (χ4n) is 1.56. The van der Waals surface area contributed by atoms with Crippen LogP contribution in [0, 0.1) is 0 Å². The minimum absolute atomic E-state index is 0.0427. The van der Waals surface area contributed by atoms with Crippen LogP contribution < -0.4 is 5.32 Å². The molecule has 6 nitrogen and oxygen atoms in total. The third kappa shape index (κ3) is 3.41. The van der Waals surface area contributed by atoms with Crippen molar-refractivity contribution in [1.29, 1.82) is 0 Å². The van der Waals surface area contributed by atoms with Crippen LogP contribution in [0.15, 0.2) is 34.9 Å². The van der Waals surface area contributed by atoms with Gasteiger partial charge in [-0.3, -0.25) is 9.89 Å². The van der Waals surface area contributed by atoms with E-state index in [0.717, 1.165) is 0 Å². The highest BCUT2D eigenvalue weighted by atomic mass is 79.9. The highest BCUT2D eigenvalue weighted by Crippen LogP contribution is 2.21. The highest BCUT2D eigenvalue weighted by molar-refractivity contribution is 9.10. The number of carbonyl (C=O) groups excluding carboxylic acids is 1. The number of carboxylic acids is 1. The van der Waals surface area contributed by atoms with Crippen LogP contribution >= 0.6 is 15.9 Å². The van der Waals surface area contributed by atoms with Crippen molar-refractivity contribution in [3.05, 3.63) is 46.2 Å². The zero-order chi connectivity index (χ0) is 13.8. The minimum atomic E-state index is -1.09. The van der Waals surface area contributed by atoms with Gasteiger partial charge < -0.3 is 10.4 Å². The van der Waals surface area contributed by atoms with Gasteiger partial charge in [-0.2, -0.15) is 5.10 Å². The van der Waals surface area contributed by atoms with Crippen molar-refractivity contribution in [2.75, 3.05) is 5.32 Å². The molecule has 0 saturated heterocycles. The smallest absolute Gasteiger partial charge is 0.337 e.